The largest absolute Gasteiger partial charge is 0.502 e. The summed E-state index contributed by atoms with van der Waals surface area (Å²) in [5.74, 6) is -0.991. The minimum atomic E-state index is -0.551. The number of hydrogen-bond donors (Lipinski definition) is 3. The maximum absolute atomic E-state index is 11.0. The van der Waals surface area contributed by atoms with Crippen LogP contribution in [0.15, 0.2) is 22.6 Å². The van der Waals surface area contributed by atoms with E-state index in [-0.39, 0.29) is 11.6 Å². The number of rotatable bonds is 4. The van der Waals surface area contributed by atoms with E-state index in [1.165, 1.54) is 21.1 Å². The number of carbonyl (C=O) groups is 1. The number of para-hydroxylation sites is 1. The van der Waals surface area contributed by atoms with Gasteiger partial charge in [-0.2, -0.15) is 0 Å². The van der Waals surface area contributed by atoms with Crippen molar-refractivity contribution in [1.29, 1.82) is 0 Å². The van der Waals surface area contributed by atoms with Crippen molar-refractivity contribution in [1.82, 2.24) is 0 Å². The number of amides is 1. The molecule has 0 unspecified atom stereocenters. The van der Waals surface area contributed by atoms with E-state index in [1.807, 2.05) is 0 Å². The second-order valence-corrected chi connectivity index (χ2v) is 4.18. The predicted molar refractivity (Wildman–Crippen MR) is 74.9 cm³/mol. The molecule has 112 valence electrons. The molecule has 0 bridgehead atoms. The second-order valence-electron chi connectivity index (χ2n) is 4.18. The molecule has 21 heavy (non-hydrogen) atoms. The molecule has 0 saturated carbocycles. The standard InChI is InChI=1S/C14H15NO6/c1-7(16)15-14-11(18)10(17)13(21-14)8-5-4-6-9(19-2)12(8)20-3/h4-6,17-18H,1-3H3,(H,15,16). The minimum absolute atomic E-state index is 0.0352. The van der Waals surface area contributed by atoms with Crippen molar-refractivity contribution in [2.45, 2.75) is 6.92 Å². The lowest BCUT2D eigenvalue weighted by Gasteiger charge is -2.10. The van der Waals surface area contributed by atoms with Crippen LogP contribution in [0.3, 0.4) is 0 Å². The van der Waals surface area contributed by atoms with Gasteiger partial charge < -0.3 is 24.1 Å². The fraction of sp³-hybridized carbons (Fsp3) is 0.214. The molecular formula is C14H15NO6. The van der Waals surface area contributed by atoms with Crippen LogP contribution < -0.4 is 14.8 Å². The van der Waals surface area contributed by atoms with Gasteiger partial charge in [-0.25, -0.2) is 0 Å². The lowest BCUT2D eigenvalue weighted by Crippen LogP contribution is -2.04. The van der Waals surface area contributed by atoms with E-state index in [4.69, 9.17) is 13.9 Å². The Bertz CT molecular complexity index is 676. The number of carbonyl (C=O) groups excluding carboxylic acids is 1. The zero-order valence-corrected chi connectivity index (χ0v) is 11.8. The van der Waals surface area contributed by atoms with Crippen LogP contribution in [0.4, 0.5) is 5.88 Å². The van der Waals surface area contributed by atoms with Crippen molar-refractivity contribution < 1.29 is 28.9 Å². The molecule has 0 saturated heterocycles. The summed E-state index contributed by atoms with van der Waals surface area (Å²) in [4.78, 5) is 11.0. The quantitative estimate of drug-likeness (QED) is 0.799. The lowest BCUT2D eigenvalue weighted by atomic mass is 10.1. The smallest absolute Gasteiger partial charge is 0.246 e. The molecule has 0 aliphatic heterocycles. The maximum Gasteiger partial charge on any atom is 0.246 e. The highest BCUT2D eigenvalue weighted by atomic mass is 16.5. The van der Waals surface area contributed by atoms with E-state index in [2.05, 4.69) is 5.32 Å². The molecule has 1 heterocycles. The van der Waals surface area contributed by atoms with Crippen LogP contribution in [-0.2, 0) is 4.79 Å². The molecule has 7 heteroatoms. The van der Waals surface area contributed by atoms with E-state index in [1.54, 1.807) is 18.2 Å². The predicted octanol–water partition coefficient (Wildman–Crippen LogP) is 2.33. The third-order valence-corrected chi connectivity index (χ3v) is 2.80. The Hall–Kier alpha value is -2.83. The van der Waals surface area contributed by atoms with Gasteiger partial charge in [-0.15, -0.1) is 0 Å². The number of ether oxygens (including phenoxy) is 2. The lowest BCUT2D eigenvalue weighted by molar-refractivity contribution is -0.114. The summed E-state index contributed by atoms with van der Waals surface area (Å²) >= 11 is 0. The van der Waals surface area contributed by atoms with Gasteiger partial charge in [0.05, 0.1) is 19.8 Å². The Morgan fingerprint density at radius 1 is 1.19 bits per heavy atom. The number of anilines is 1. The Balaban J connectivity index is 2.60. The highest BCUT2D eigenvalue weighted by molar-refractivity contribution is 5.91. The molecule has 1 aromatic carbocycles. The highest BCUT2D eigenvalue weighted by Crippen LogP contribution is 2.49. The summed E-state index contributed by atoms with van der Waals surface area (Å²) in [5.41, 5.74) is 0.376. The van der Waals surface area contributed by atoms with Crippen LogP contribution in [0.1, 0.15) is 6.92 Å². The van der Waals surface area contributed by atoms with Crippen LogP contribution in [0.25, 0.3) is 11.3 Å². The molecule has 7 nitrogen and oxygen atoms in total. The van der Waals surface area contributed by atoms with Crippen molar-refractivity contribution in [3.63, 3.8) is 0 Å². The van der Waals surface area contributed by atoms with Gasteiger partial charge in [0.2, 0.25) is 23.3 Å². The molecule has 2 aromatic rings. The molecule has 1 aromatic heterocycles. The van der Waals surface area contributed by atoms with Crippen molar-refractivity contribution in [2.75, 3.05) is 19.5 Å². The van der Waals surface area contributed by atoms with Gasteiger partial charge in [0, 0.05) is 6.92 Å². The van der Waals surface area contributed by atoms with Gasteiger partial charge in [0.25, 0.3) is 0 Å². The first kappa shape index (κ1) is 14.6. The molecule has 0 aliphatic carbocycles. The number of hydrogen-bond acceptors (Lipinski definition) is 6. The number of benzene rings is 1. The summed E-state index contributed by atoms with van der Waals surface area (Å²) in [7, 11) is 2.92. The molecule has 2 rings (SSSR count). The summed E-state index contributed by atoms with van der Waals surface area (Å²) < 4.78 is 15.7. The van der Waals surface area contributed by atoms with E-state index >= 15 is 0 Å². The summed E-state index contributed by atoms with van der Waals surface area (Å²) in [6, 6.07) is 4.97. The zero-order valence-electron chi connectivity index (χ0n) is 11.8. The van der Waals surface area contributed by atoms with E-state index in [9.17, 15) is 15.0 Å². The fourth-order valence-corrected chi connectivity index (χ4v) is 1.91. The van der Waals surface area contributed by atoms with Crippen LogP contribution in [0.2, 0.25) is 0 Å². The van der Waals surface area contributed by atoms with E-state index < -0.39 is 17.4 Å². The molecule has 0 atom stereocenters. The van der Waals surface area contributed by atoms with Crippen LogP contribution in [-0.4, -0.2) is 30.3 Å². The first-order valence-electron chi connectivity index (χ1n) is 6.03. The van der Waals surface area contributed by atoms with Crippen molar-refractivity contribution >= 4 is 11.8 Å². The number of nitrogens with one attached hydrogen (secondary N) is 1. The van der Waals surface area contributed by atoms with E-state index in [0.29, 0.717) is 17.1 Å². The average molecular weight is 293 g/mol. The summed E-state index contributed by atoms with van der Waals surface area (Å²) in [6.07, 6.45) is 0. The average Bonchev–Trinajstić information content (AvgIpc) is 2.74. The van der Waals surface area contributed by atoms with Gasteiger partial charge >= 0.3 is 0 Å². The Morgan fingerprint density at radius 2 is 1.90 bits per heavy atom. The first-order valence-corrected chi connectivity index (χ1v) is 6.03. The molecule has 1 amide bonds. The van der Waals surface area contributed by atoms with Gasteiger partial charge in [0.15, 0.2) is 17.3 Å². The van der Waals surface area contributed by atoms with Gasteiger partial charge in [-0.05, 0) is 12.1 Å². The summed E-state index contributed by atoms with van der Waals surface area (Å²) in [5, 5.41) is 22.0. The Kier molecular flexibility index (Phi) is 3.93. The molecule has 0 aliphatic rings. The number of methoxy groups -OCH3 is 2. The second kappa shape index (κ2) is 5.66. The van der Waals surface area contributed by atoms with Crippen molar-refractivity contribution in [3.8, 4) is 34.3 Å². The van der Waals surface area contributed by atoms with Gasteiger partial charge in [0.1, 0.15) is 0 Å². The molecular weight excluding hydrogens is 278 g/mol. The monoisotopic (exact) mass is 293 g/mol. The zero-order chi connectivity index (χ0) is 15.6. The fourth-order valence-electron chi connectivity index (χ4n) is 1.91. The Morgan fingerprint density at radius 3 is 2.48 bits per heavy atom. The SMILES string of the molecule is COc1cccc(-c2oc(NC(C)=O)c(O)c2O)c1OC. The van der Waals surface area contributed by atoms with Crippen LogP contribution in [0.5, 0.6) is 23.0 Å². The third kappa shape index (κ3) is 2.58. The van der Waals surface area contributed by atoms with Crippen molar-refractivity contribution in [2.24, 2.45) is 0 Å². The number of aromatic hydroxyl groups is 2. The van der Waals surface area contributed by atoms with Crippen molar-refractivity contribution in [3.05, 3.63) is 18.2 Å². The van der Waals surface area contributed by atoms with E-state index in [0.717, 1.165) is 0 Å². The third-order valence-electron chi connectivity index (χ3n) is 2.80. The maximum atomic E-state index is 11.0. The van der Waals surface area contributed by atoms with Crippen LogP contribution >= 0.6 is 0 Å². The minimum Gasteiger partial charge on any atom is -0.502 e. The molecule has 0 spiro atoms. The number of furan rings is 1. The highest BCUT2D eigenvalue weighted by Gasteiger charge is 2.25. The van der Waals surface area contributed by atoms with Crippen LogP contribution in [0, 0.1) is 0 Å². The Labute approximate surface area is 120 Å². The topological polar surface area (TPSA) is 101 Å². The molecule has 0 radical (unpaired) electrons. The summed E-state index contributed by atoms with van der Waals surface area (Å²) in [6.45, 7) is 1.25. The van der Waals surface area contributed by atoms with Gasteiger partial charge in [-0.3, -0.25) is 10.1 Å². The first-order chi connectivity index (χ1) is 9.99. The van der Waals surface area contributed by atoms with Gasteiger partial charge in [-0.1, -0.05) is 6.07 Å². The molecule has 0 fully saturated rings. The normalized spacial score (nSPS) is 10.2. The molecule has 3 N–H and O–H groups in total.